The van der Waals surface area contributed by atoms with E-state index in [1.165, 1.54) is 32.1 Å². The topological polar surface area (TPSA) is 40.7 Å². The number of hydrogen-bond donors (Lipinski definition) is 2. The molecule has 3 atom stereocenters. The van der Waals surface area contributed by atoms with Crippen molar-refractivity contribution in [2.24, 2.45) is 5.92 Å². The van der Waals surface area contributed by atoms with Crippen LogP contribution in [0.5, 0.6) is 0 Å². The molecule has 2 aromatic rings. The lowest BCUT2D eigenvalue weighted by Crippen LogP contribution is -2.31. The molecule has 1 aromatic heterocycles. The summed E-state index contributed by atoms with van der Waals surface area (Å²) in [7, 11) is 0. The summed E-state index contributed by atoms with van der Waals surface area (Å²) in [5.41, 5.74) is 2.19. The van der Waals surface area contributed by atoms with Gasteiger partial charge in [-0.1, -0.05) is 31.9 Å². The van der Waals surface area contributed by atoms with Crippen molar-refractivity contribution < 1.29 is 0 Å². The number of fused-ring (bicyclic) bond motifs is 1. The van der Waals surface area contributed by atoms with Gasteiger partial charge in [0.25, 0.3) is 0 Å². The molecule has 108 valence electrons. The number of nitrogens with one attached hydrogen (secondary N) is 2. The Hall–Kier alpha value is -1.35. The molecule has 0 amide bonds. The van der Waals surface area contributed by atoms with E-state index in [1.807, 2.05) is 6.07 Å². The maximum Gasteiger partial charge on any atom is 0.124 e. The molecular weight excluding hydrogens is 246 g/mol. The lowest BCUT2D eigenvalue weighted by atomic mass is 10.0. The number of para-hydroxylation sites is 2. The molecule has 3 heteroatoms. The number of rotatable bonds is 3. The van der Waals surface area contributed by atoms with Crippen LogP contribution in [0.25, 0.3) is 11.0 Å². The molecule has 0 radical (unpaired) electrons. The molecule has 1 saturated carbocycles. The van der Waals surface area contributed by atoms with Crippen molar-refractivity contribution in [2.75, 3.05) is 0 Å². The van der Waals surface area contributed by atoms with Gasteiger partial charge in [0.15, 0.2) is 0 Å². The summed E-state index contributed by atoms with van der Waals surface area (Å²) < 4.78 is 0. The Morgan fingerprint density at radius 1 is 1.20 bits per heavy atom. The highest BCUT2D eigenvalue weighted by Gasteiger charge is 2.19. The van der Waals surface area contributed by atoms with Crippen molar-refractivity contribution in [1.29, 1.82) is 0 Å². The molecule has 3 unspecified atom stereocenters. The summed E-state index contributed by atoms with van der Waals surface area (Å²) in [6, 6.07) is 9.18. The second-order valence-corrected chi connectivity index (χ2v) is 6.34. The predicted molar refractivity (Wildman–Crippen MR) is 83.7 cm³/mol. The van der Waals surface area contributed by atoms with E-state index in [0.29, 0.717) is 12.1 Å². The van der Waals surface area contributed by atoms with Crippen LogP contribution in [0.15, 0.2) is 24.3 Å². The van der Waals surface area contributed by atoms with Crippen LogP contribution in [0.1, 0.15) is 57.8 Å². The first kappa shape index (κ1) is 13.6. The van der Waals surface area contributed by atoms with Crippen LogP contribution in [0, 0.1) is 5.92 Å². The predicted octanol–water partition coefficient (Wildman–Crippen LogP) is 4.18. The van der Waals surface area contributed by atoms with Gasteiger partial charge < -0.3 is 10.3 Å². The Morgan fingerprint density at radius 2 is 2.05 bits per heavy atom. The quantitative estimate of drug-likeness (QED) is 0.822. The summed E-state index contributed by atoms with van der Waals surface area (Å²) in [6.45, 7) is 4.59. The fourth-order valence-electron chi connectivity index (χ4n) is 3.26. The monoisotopic (exact) mass is 271 g/mol. The lowest BCUT2D eigenvalue weighted by molar-refractivity contribution is 0.401. The molecule has 3 nitrogen and oxygen atoms in total. The van der Waals surface area contributed by atoms with Crippen LogP contribution in [0.3, 0.4) is 0 Å². The third kappa shape index (κ3) is 3.04. The minimum atomic E-state index is 0.292. The molecule has 2 N–H and O–H groups in total. The lowest BCUT2D eigenvalue weighted by Gasteiger charge is -2.20. The van der Waals surface area contributed by atoms with Gasteiger partial charge in [0.1, 0.15) is 5.82 Å². The third-order valence-electron chi connectivity index (χ3n) is 4.56. The van der Waals surface area contributed by atoms with E-state index in [4.69, 9.17) is 4.98 Å². The molecule has 20 heavy (non-hydrogen) atoms. The molecule has 0 saturated heterocycles. The molecule has 0 bridgehead atoms. The fourth-order valence-corrected chi connectivity index (χ4v) is 3.26. The van der Waals surface area contributed by atoms with Crippen molar-refractivity contribution in [2.45, 2.75) is 58.0 Å². The third-order valence-corrected chi connectivity index (χ3v) is 4.56. The van der Waals surface area contributed by atoms with Crippen molar-refractivity contribution in [3.05, 3.63) is 30.1 Å². The van der Waals surface area contributed by atoms with Crippen LogP contribution < -0.4 is 5.32 Å². The van der Waals surface area contributed by atoms with Crippen molar-refractivity contribution in [3.8, 4) is 0 Å². The summed E-state index contributed by atoms with van der Waals surface area (Å²) in [5, 5.41) is 3.76. The van der Waals surface area contributed by atoms with Gasteiger partial charge in [-0.15, -0.1) is 0 Å². The first-order chi connectivity index (χ1) is 9.72. The van der Waals surface area contributed by atoms with E-state index in [-0.39, 0.29) is 0 Å². The van der Waals surface area contributed by atoms with Gasteiger partial charge in [-0.25, -0.2) is 4.98 Å². The first-order valence-electron chi connectivity index (χ1n) is 7.93. The minimum Gasteiger partial charge on any atom is -0.341 e. The number of imidazole rings is 1. The zero-order valence-corrected chi connectivity index (χ0v) is 12.5. The van der Waals surface area contributed by atoms with Gasteiger partial charge in [0.05, 0.1) is 17.1 Å². The molecule has 0 spiro atoms. The van der Waals surface area contributed by atoms with Crippen molar-refractivity contribution in [1.82, 2.24) is 15.3 Å². The van der Waals surface area contributed by atoms with Crippen LogP contribution >= 0.6 is 0 Å². The Balaban J connectivity index is 1.67. The maximum absolute atomic E-state index is 4.70. The summed E-state index contributed by atoms with van der Waals surface area (Å²) in [5.74, 6) is 1.95. The average Bonchev–Trinajstić information content (AvgIpc) is 2.78. The second kappa shape index (κ2) is 5.96. The zero-order valence-electron chi connectivity index (χ0n) is 12.5. The number of nitrogens with zero attached hydrogens (tertiary/aromatic N) is 1. The maximum atomic E-state index is 4.70. The number of aromatic amines is 1. The Kier molecular flexibility index (Phi) is 4.06. The molecular formula is C17H25N3. The largest absolute Gasteiger partial charge is 0.341 e. The Morgan fingerprint density at radius 3 is 2.90 bits per heavy atom. The summed E-state index contributed by atoms with van der Waals surface area (Å²) >= 11 is 0. The number of H-pyrrole nitrogens is 1. The van der Waals surface area contributed by atoms with E-state index in [0.717, 1.165) is 22.8 Å². The Labute approximate surface area is 121 Å². The van der Waals surface area contributed by atoms with Gasteiger partial charge in [0.2, 0.25) is 0 Å². The van der Waals surface area contributed by atoms with Gasteiger partial charge in [-0.3, -0.25) is 0 Å². The smallest absolute Gasteiger partial charge is 0.124 e. The van der Waals surface area contributed by atoms with Crippen LogP contribution in [0.4, 0.5) is 0 Å². The number of benzene rings is 1. The highest BCUT2D eigenvalue weighted by Crippen LogP contribution is 2.24. The van der Waals surface area contributed by atoms with Crippen LogP contribution in [-0.4, -0.2) is 16.0 Å². The second-order valence-electron chi connectivity index (χ2n) is 6.34. The molecule has 1 aliphatic rings. The van der Waals surface area contributed by atoms with E-state index >= 15 is 0 Å². The summed E-state index contributed by atoms with van der Waals surface area (Å²) in [6.07, 6.45) is 6.69. The molecule has 1 heterocycles. The zero-order chi connectivity index (χ0) is 13.9. The first-order valence-corrected chi connectivity index (χ1v) is 7.93. The molecule has 1 aliphatic carbocycles. The standard InChI is InChI=1S/C17H25N3/c1-12-6-5-7-14(11-10-12)18-13(2)17-19-15-8-3-4-9-16(15)20-17/h3-4,8-9,12-14,18H,5-7,10-11H2,1-2H3,(H,19,20). The summed E-state index contributed by atoms with van der Waals surface area (Å²) in [4.78, 5) is 8.13. The Bertz CT molecular complexity index is 527. The number of hydrogen-bond acceptors (Lipinski definition) is 2. The molecule has 3 rings (SSSR count). The minimum absolute atomic E-state index is 0.292. The van der Waals surface area contributed by atoms with E-state index in [9.17, 15) is 0 Å². The molecule has 0 aliphatic heterocycles. The average molecular weight is 271 g/mol. The molecule has 1 aromatic carbocycles. The van der Waals surface area contributed by atoms with E-state index in [2.05, 4.69) is 42.3 Å². The highest BCUT2D eigenvalue weighted by molar-refractivity contribution is 5.74. The van der Waals surface area contributed by atoms with E-state index in [1.54, 1.807) is 0 Å². The van der Waals surface area contributed by atoms with Crippen molar-refractivity contribution >= 4 is 11.0 Å². The van der Waals surface area contributed by atoms with Crippen LogP contribution in [0.2, 0.25) is 0 Å². The van der Waals surface area contributed by atoms with Crippen LogP contribution in [-0.2, 0) is 0 Å². The SMILES string of the molecule is CC1CCCC(NC(C)c2nc3ccccc3[nH]2)CC1. The number of aromatic nitrogens is 2. The normalized spacial score (nSPS) is 25.5. The van der Waals surface area contributed by atoms with Gasteiger partial charge in [-0.2, -0.15) is 0 Å². The fraction of sp³-hybridized carbons (Fsp3) is 0.588. The van der Waals surface area contributed by atoms with Gasteiger partial charge in [0, 0.05) is 6.04 Å². The van der Waals surface area contributed by atoms with Gasteiger partial charge >= 0.3 is 0 Å². The van der Waals surface area contributed by atoms with E-state index < -0.39 is 0 Å². The van der Waals surface area contributed by atoms with Gasteiger partial charge in [-0.05, 0) is 44.2 Å². The molecule has 1 fully saturated rings. The van der Waals surface area contributed by atoms with Crippen molar-refractivity contribution in [3.63, 3.8) is 0 Å². The highest BCUT2D eigenvalue weighted by atomic mass is 15.0.